The van der Waals surface area contributed by atoms with Crippen LogP contribution in [0.15, 0.2) is 22.7 Å². The number of halogens is 2. The van der Waals surface area contributed by atoms with Crippen molar-refractivity contribution in [1.82, 2.24) is 4.90 Å². The average molecular weight is 345 g/mol. The van der Waals surface area contributed by atoms with Gasteiger partial charge in [0, 0.05) is 17.6 Å². The fraction of sp³-hybridized carbons (Fsp3) is 0.385. The van der Waals surface area contributed by atoms with Crippen molar-refractivity contribution in [3.8, 4) is 0 Å². The Bertz CT molecular complexity index is 538. The predicted molar refractivity (Wildman–Crippen MR) is 75.1 cm³/mol. The third kappa shape index (κ3) is 3.47. The van der Waals surface area contributed by atoms with E-state index in [1.165, 1.54) is 23.1 Å². The van der Waals surface area contributed by atoms with Crippen LogP contribution < -0.4 is 5.32 Å². The molecule has 1 aromatic rings. The van der Waals surface area contributed by atoms with Crippen LogP contribution in [-0.4, -0.2) is 35.1 Å². The standard InChI is InChI=1S/C13H14BrFN2O3/c14-9-3-4-10(15)11(6-9)16-13(20)17-5-1-2-8(7-17)12(18)19/h3-4,6,8H,1-2,5,7H2,(H,16,20)(H,18,19). The van der Waals surface area contributed by atoms with Crippen LogP contribution in [0.4, 0.5) is 14.9 Å². The molecule has 0 saturated carbocycles. The number of carboxylic acids is 1. The monoisotopic (exact) mass is 344 g/mol. The van der Waals surface area contributed by atoms with E-state index >= 15 is 0 Å². The van der Waals surface area contributed by atoms with E-state index < -0.39 is 23.7 Å². The summed E-state index contributed by atoms with van der Waals surface area (Å²) in [6.45, 7) is 0.627. The fourth-order valence-electron chi connectivity index (χ4n) is 2.15. The van der Waals surface area contributed by atoms with Gasteiger partial charge in [0.05, 0.1) is 11.6 Å². The second-order valence-corrected chi connectivity index (χ2v) is 5.59. The first-order chi connectivity index (χ1) is 9.47. The molecule has 1 atom stereocenters. The van der Waals surface area contributed by atoms with Crippen molar-refractivity contribution < 1.29 is 19.1 Å². The lowest BCUT2D eigenvalue weighted by Crippen LogP contribution is -2.44. The summed E-state index contributed by atoms with van der Waals surface area (Å²) in [5, 5.41) is 11.5. The highest BCUT2D eigenvalue weighted by Crippen LogP contribution is 2.22. The van der Waals surface area contributed by atoms with Crippen LogP contribution >= 0.6 is 15.9 Å². The number of rotatable bonds is 2. The number of carbonyl (C=O) groups excluding carboxylic acids is 1. The zero-order valence-electron chi connectivity index (χ0n) is 10.6. The SMILES string of the molecule is O=C(O)C1CCCN(C(=O)Nc2cc(Br)ccc2F)C1. The maximum absolute atomic E-state index is 13.6. The molecule has 1 aliphatic rings. The molecule has 0 aliphatic carbocycles. The largest absolute Gasteiger partial charge is 0.481 e. The number of amides is 2. The number of carbonyl (C=O) groups is 2. The number of likely N-dealkylation sites (tertiary alicyclic amines) is 1. The minimum atomic E-state index is -0.906. The van der Waals surface area contributed by atoms with Gasteiger partial charge in [-0.2, -0.15) is 0 Å². The Morgan fingerprint density at radius 2 is 2.20 bits per heavy atom. The van der Waals surface area contributed by atoms with E-state index in [1.807, 2.05) is 0 Å². The molecule has 0 aromatic heterocycles. The molecular formula is C13H14BrFN2O3. The average Bonchev–Trinajstić information content (AvgIpc) is 2.43. The van der Waals surface area contributed by atoms with E-state index in [1.54, 1.807) is 0 Å². The summed E-state index contributed by atoms with van der Waals surface area (Å²) < 4.78 is 14.2. The first kappa shape index (κ1) is 14.8. The Morgan fingerprint density at radius 3 is 2.90 bits per heavy atom. The van der Waals surface area contributed by atoms with Crippen molar-refractivity contribution in [2.45, 2.75) is 12.8 Å². The molecule has 2 N–H and O–H groups in total. The van der Waals surface area contributed by atoms with Crippen molar-refractivity contribution in [3.05, 3.63) is 28.5 Å². The highest BCUT2D eigenvalue weighted by molar-refractivity contribution is 9.10. The summed E-state index contributed by atoms with van der Waals surface area (Å²) >= 11 is 3.20. The van der Waals surface area contributed by atoms with Crippen molar-refractivity contribution in [2.24, 2.45) is 5.92 Å². The summed E-state index contributed by atoms with van der Waals surface area (Å²) in [4.78, 5) is 24.4. The molecule has 0 spiro atoms. The van der Waals surface area contributed by atoms with E-state index in [0.29, 0.717) is 23.9 Å². The number of nitrogens with one attached hydrogen (secondary N) is 1. The van der Waals surface area contributed by atoms with Gasteiger partial charge in [-0.1, -0.05) is 15.9 Å². The molecule has 1 heterocycles. The Kier molecular flexibility index (Phi) is 4.59. The van der Waals surface area contributed by atoms with E-state index in [2.05, 4.69) is 21.2 Å². The fourth-order valence-corrected chi connectivity index (χ4v) is 2.51. The minimum Gasteiger partial charge on any atom is -0.481 e. The van der Waals surface area contributed by atoms with Crippen molar-refractivity contribution in [2.75, 3.05) is 18.4 Å². The molecule has 7 heteroatoms. The number of nitrogens with zero attached hydrogens (tertiary/aromatic N) is 1. The lowest BCUT2D eigenvalue weighted by molar-refractivity contribution is -0.143. The third-order valence-corrected chi connectivity index (χ3v) is 3.72. The van der Waals surface area contributed by atoms with Crippen LogP contribution in [0.3, 0.4) is 0 Å². The van der Waals surface area contributed by atoms with Crippen LogP contribution in [0.25, 0.3) is 0 Å². The Balaban J connectivity index is 2.04. The molecule has 1 fully saturated rings. The van der Waals surface area contributed by atoms with E-state index in [9.17, 15) is 14.0 Å². The molecule has 2 rings (SSSR count). The number of aliphatic carboxylic acids is 1. The quantitative estimate of drug-likeness (QED) is 0.866. The molecular weight excluding hydrogens is 331 g/mol. The molecule has 20 heavy (non-hydrogen) atoms. The molecule has 5 nitrogen and oxygen atoms in total. The second-order valence-electron chi connectivity index (χ2n) is 4.68. The van der Waals surface area contributed by atoms with Gasteiger partial charge in [0.25, 0.3) is 0 Å². The second kappa shape index (κ2) is 6.21. The topological polar surface area (TPSA) is 69.6 Å². The Labute approximate surface area is 123 Å². The van der Waals surface area contributed by atoms with Gasteiger partial charge in [-0.3, -0.25) is 4.79 Å². The smallest absolute Gasteiger partial charge is 0.321 e. The number of carboxylic acid groups (broad SMARTS) is 1. The minimum absolute atomic E-state index is 0.0711. The first-order valence-electron chi connectivity index (χ1n) is 6.21. The third-order valence-electron chi connectivity index (χ3n) is 3.23. The van der Waals surface area contributed by atoms with Crippen LogP contribution in [-0.2, 0) is 4.79 Å². The van der Waals surface area contributed by atoms with E-state index in [-0.39, 0.29) is 12.2 Å². The number of anilines is 1. The molecule has 1 saturated heterocycles. The van der Waals surface area contributed by atoms with Crippen molar-refractivity contribution in [3.63, 3.8) is 0 Å². The first-order valence-corrected chi connectivity index (χ1v) is 7.00. The zero-order chi connectivity index (χ0) is 14.7. The van der Waals surface area contributed by atoms with Crippen molar-refractivity contribution >= 4 is 33.6 Å². The molecule has 2 amide bonds. The van der Waals surface area contributed by atoms with Crippen LogP contribution in [0, 0.1) is 11.7 Å². The molecule has 0 radical (unpaired) electrons. The summed E-state index contributed by atoms with van der Waals surface area (Å²) in [5.41, 5.74) is 0.0711. The van der Waals surface area contributed by atoms with E-state index in [0.717, 1.165) is 0 Å². The molecule has 1 aromatic carbocycles. The Hall–Kier alpha value is -1.63. The van der Waals surface area contributed by atoms with Gasteiger partial charge >= 0.3 is 12.0 Å². The lowest BCUT2D eigenvalue weighted by atomic mass is 9.99. The van der Waals surface area contributed by atoms with Gasteiger partial charge < -0.3 is 15.3 Å². The van der Waals surface area contributed by atoms with Crippen LogP contribution in [0.1, 0.15) is 12.8 Å². The highest BCUT2D eigenvalue weighted by Gasteiger charge is 2.28. The van der Waals surface area contributed by atoms with E-state index in [4.69, 9.17) is 5.11 Å². The summed E-state index contributed by atoms with van der Waals surface area (Å²) in [5.74, 6) is -1.99. The zero-order valence-corrected chi connectivity index (χ0v) is 12.2. The van der Waals surface area contributed by atoms with Gasteiger partial charge in [0.15, 0.2) is 0 Å². The van der Waals surface area contributed by atoms with Crippen LogP contribution in [0.5, 0.6) is 0 Å². The molecule has 1 aliphatic heterocycles. The maximum Gasteiger partial charge on any atom is 0.321 e. The molecule has 108 valence electrons. The van der Waals surface area contributed by atoms with Gasteiger partial charge in [-0.15, -0.1) is 0 Å². The lowest BCUT2D eigenvalue weighted by Gasteiger charge is -2.30. The summed E-state index contributed by atoms with van der Waals surface area (Å²) in [6.07, 6.45) is 1.19. The molecule has 1 unspecified atom stereocenters. The number of hydrogen-bond donors (Lipinski definition) is 2. The number of benzene rings is 1. The summed E-state index contributed by atoms with van der Waals surface area (Å²) in [7, 11) is 0. The van der Waals surface area contributed by atoms with Gasteiger partial charge in [0.1, 0.15) is 5.82 Å². The van der Waals surface area contributed by atoms with Gasteiger partial charge in [0.2, 0.25) is 0 Å². The van der Waals surface area contributed by atoms with Gasteiger partial charge in [-0.25, -0.2) is 9.18 Å². The highest BCUT2D eigenvalue weighted by atomic mass is 79.9. The van der Waals surface area contributed by atoms with Gasteiger partial charge in [-0.05, 0) is 31.0 Å². The predicted octanol–water partition coefficient (Wildman–Crippen LogP) is 2.92. The summed E-state index contributed by atoms with van der Waals surface area (Å²) in [6, 6.07) is 3.77. The number of piperidine rings is 1. The normalized spacial score (nSPS) is 18.7. The number of urea groups is 1. The molecule has 0 bridgehead atoms. The van der Waals surface area contributed by atoms with Crippen LogP contribution in [0.2, 0.25) is 0 Å². The Morgan fingerprint density at radius 1 is 1.45 bits per heavy atom. The van der Waals surface area contributed by atoms with Crippen molar-refractivity contribution in [1.29, 1.82) is 0 Å². The number of hydrogen-bond acceptors (Lipinski definition) is 2. The maximum atomic E-state index is 13.6.